The van der Waals surface area contributed by atoms with Crippen molar-refractivity contribution in [2.24, 2.45) is 5.73 Å². The summed E-state index contributed by atoms with van der Waals surface area (Å²) in [6, 6.07) is 80.4. The van der Waals surface area contributed by atoms with Crippen molar-refractivity contribution < 1.29 is 0 Å². The lowest BCUT2D eigenvalue weighted by Crippen LogP contribution is -2.00. The fourth-order valence-electron chi connectivity index (χ4n) is 8.02. The molecule has 0 amide bonds. The summed E-state index contributed by atoms with van der Waals surface area (Å²) in [5.41, 5.74) is 21.4. The van der Waals surface area contributed by atoms with Gasteiger partial charge in [-0.2, -0.15) is 0 Å². The maximum absolute atomic E-state index is 8.57. The lowest BCUT2D eigenvalue weighted by atomic mass is 9.80. The van der Waals surface area contributed by atoms with Crippen molar-refractivity contribution in [3.8, 4) is 50.2 Å². The van der Waals surface area contributed by atoms with Gasteiger partial charge in [-0.3, -0.25) is 0 Å². The lowest BCUT2D eigenvalue weighted by molar-refractivity contribution is 1.07. The number of nitrogens with zero attached hydrogens (tertiary/aromatic N) is 1. The Kier molecular flexibility index (Phi) is 12.3. The number of benzene rings is 9. The fraction of sp³-hybridized carbons (Fsp3) is 0.0351. The Hall–Kier alpha value is -7.59. The molecule has 290 valence electrons. The standard InChI is InChI=1S/C43H30N2.C7H9N.C7H8/c44-29-34-25-16-28-36-37(34)42-40(32-21-10-3-11-22-32)38(30-17-6-1-7-18-30)39(31-19-8-2-9-20-31)41(33-23-12-4-13-24-33)43(42)45(36)35-26-14-5-15-27-35;8-6-7-4-2-1-3-5-7;1-7-5-3-2-4-6-7/h1-29,44H;1-5H,6,8H2;2-6H,1H3. The number of hydrogen-bond donors (Lipinski definition) is 2. The molecule has 0 spiro atoms. The van der Waals surface area contributed by atoms with Crippen molar-refractivity contribution in [1.82, 2.24) is 4.57 Å². The number of aromatic nitrogens is 1. The van der Waals surface area contributed by atoms with Crippen molar-refractivity contribution >= 4 is 28.0 Å². The zero-order valence-electron chi connectivity index (χ0n) is 33.7. The van der Waals surface area contributed by atoms with Crippen molar-refractivity contribution in [2.75, 3.05) is 0 Å². The van der Waals surface area contributed by atoms with Gasteiger partial charge >= 0.3 is 0 Å². The average molecular weight is 774 g/mol. The van der Waals surface area contributed by atoms with E-state index in [1.54, 1.807) is 0 Å². The van der Waals surface area contributed by atoms with Gasteiger partial charge in [0.1, 0.15) is 0 Å². The number of nitrogens with one attached hydrogen (secondary N) is 1. The van der Waals surface area contributed by atoms with Gasteiger partial charge in [0, 0.05) is 51.5 Å². The van der Waals surface area contributed by atoms with Crippen LogP contribution in [0.4, 0.5) is 0 Å². The Labute approximate surface area is 353 Å². The normalized spacial score (nSPS) is 10.6. The summed E-state index contributed by atoms with van der Waals surface area (Å²) in [5, 5.41) is 10.8. The number of aryl methyl sites for hydroxylation is 1. The molecule has 0 aliphatic heterocycles. The lowest BCUT2D eigenvalue weighted by Gasteiger charge is -2.24. The molecule has 0 saturated heterocycles. The van der Waals surface area contributed by atoms with Gasteiger partial charge < -0.3 is 15.7 Å². The van der Waals surface area contributed by atoms with E-state index in [1.807, 2.05) is 48.5 Å². The molecule has 3 heteroatoms. The number of fused-ring (bicyclic) bond motifs is 3. The van der Waals surface area contributed by atoms with Crippen LogP contribution in [-0.2, 0) is 6.54 Å². The molecule has 1 aromatic heterocycles. The Bertz CT molecular complexity index is 2930. The molecule has 10 aromatic rings. The predicted molar refractivity (Wildman–Crippen MR) is 256 cm³/mol. The van der Waals surface area contributed by atoms with Crippen LogP contribution in [0.3, 0.4) is 0 Å². The first-order valence-corrected chi connectivity index (χ1v) is 20.4. The maximum Gasteiger partial charge on any atom is 0.0632 e. The third-order valence-corrected chi connectivity index (χ3v) is 10.7. The van der Waals surface area contributed by atoms with Crippen LogP contribution in [0.2, 0.25) is 0 Å². The highest BCUT2D eigenvalue weighted by molar-refractivity contribution is 6.28. The van der Waals surface area contributed by atoms with E-state index in [0.29, 0.717) is 6.54 Å². The number of hydrogen-bond acceptors (Lipinski definition) is 2. The molecule has 0 saturated carbocycles. The summed E-state index contributed by atoms with van der Waals surface area (Å²) in [4.78, 5) is 0. The van der Waals surface area contributed by atoms with Gasteiger partial charge in [0.25, 0.3) is 0 Å². The van der Waals surface area contributed by atoms with Crippen molar-refractivity contribution in [3.05, 3.63) is 247 Å². The molecule has 3 nitrogen and oxygen atoms in total. The monoisotopic (exact) mass is 773 g/mol. The molecule has 0 unspecified atom stereocenters. The molecular formula is C57H47N3. The van der Waals surface area contributed by atoms with Gasteiger partial charge in [-0.15, -0.1) is 0 Å². The Morgan fingerprint density at radius 1 is 0.417 bits per heavy atom. The number of nitrogens with two attached hydrogens (primary N) is 1. The molecular weight excluding hydrogens is 727 g/mol. The van der Waals surface area contributed by atoms with E-state index in [2.05, 4.69) is 193 Å². The Morgan fingerprint density at radius 3 is 1.23 bits per heavy atom. The summed E-state index contributed by atoms with van der Waals surface area (Å²) in [6.45, 7) is 2.72. The average Bonchev–Trinajstić information content (AvgIpc) is 3.68. The summed E-state index contributed by atoms with van der Waals surface area (Å²) in [5.74, 6) is 0. The molecule has 9 aromatic carbocycles. The minimum atomic E-state index is 0.640. The second-order valence-corrected chi connectivity index (χ2v) is 14.6. The molecule has 10 rings (SSSR count). The molecule has 1 heterocycles. The highest BCUT2D eigenvalue weighted by Gasteiger charge is 2.29. The second-order valence-electron chi connectivity index (χ2n) is 14.6. The zero-order chi connectivity index (χ0) is 41.1. The smallest absolute Gasteiger partial charge is 0.0632 e. The van der Waals surface area contributed by atoms with Crippen molar-refractivity contribution in [1.29, 1.82) is 5.41 Å². The van der Waals surface area contributed by atoms with Crippen LogP contribution in [0.1, 0.15) is 16.7 Å². The number of rotatable bonds is 7. The van der Waals surface area contributed by atoms with Crippen LogP contribution >= 0.6 is 0 Å². The fourth-order valence-corrected chi connectivity index (χ4v) is 8.02. The largest absolute Gasteiger partial charge is 0.326 e. The summed E-state index contributed by atoms with van der Waals surface area (Å²) in [6.07, 6.45) is 1.50. The summed E-state index contributed by atoms with van der Waals surface area (Å²) < 4.78 is 2.41. The van der Waals surface area contributed by atoms with E-state index in [4.69, 9.17) is 11.1 Å². The molecule has 0 aliphatic carbocycles. The predicted octanol–water partition coefficient (Wildman–Crippen LogP) is 14.6. The van der Waals surface area contributed by atoms with Gasteiger partial charge in [-0.05, 0) is 58.5 Å². The molecule has 0 atom stereocenters. The van der Waals surface area contributed by atoms with E-state index in [9.17, 15) is 0 Å². The van der Waals surface area contributed by atoms with E-state index < -0.39 is 0 Å². The quantitative estimate of drug-likeness (QED) is 0.156. The Balaban J connectivity index is 0.000000279. The van der Waals surface area contributed by atoms with Crippen molar-refractivity contribution in [2.45, 2.75) is 13.5 Å². The van der Waals surface area contributed by atoms with Crippen LogP contribution in [0, 0.1) is 12.3 Å². The summed E-state index contributed by atoms with van der Waals surface area (Å²) >= 11 is 0. The van der Waals surface area contributed by atoms with Crippen LogP contribution in [0.15, 0.2) is 231 Å². The van der Waals surface area contributed by atoms with E-state index in [-0.39, 0.29) is 0 Å². The van der Waals surface area contributed by atoms with Gasteiger partial charge in [-0.1, -0.05) is 218 Å². The topological polar surface area (TPSA) is 54.8 Å². The maximum atomic E-state index is 8.57. The molecule has 60 heavy (non-hydrogen) atoms. The third-order valence-electron chi connectivity index (χ3n) is 10.7. The second kappa shape index (κ2) is 18.8. The van der Waals surface area contributed by atoms with E-state index in [1.165, 1.54) is 39.6 Å². The highest BCUT2D eigenvalue weighted by atomic mass is 15.0. The number of para-hydroxylation sites is 1. The molecule has 3 N–H and O–H groups in total. The summed E-state index contributed by atoms with van der Waals surface area (Å²) in [7, 11) is 0. The third kappa shape index (κ3) is 8.21. The first-order valence-electron chi connectivity index (χ1n) is 20.4. The molecule has 0 aliphatic rings. The minimum Gasteiger partial charge on any atom is -0.326 e. The van der Waals surface area contributed by atoms with Gasteiger partial charge in [0.2, 0.25) is 0 Å². The van der Waals surface area contributed by atoms with E-state index in [0.717, 1.165) is 55.3 Å². The van der Waals surface area contributed by atoms with Gasteiger partial charge in [0.15, 0.2) is 0 Å². The minimum absolute atomic E-state index is 0.640. The molecule has 0 radical (unpaired) electrons. The van der Waals surface area contributed by atoms with Crippen LogP contribution < -0.4 is 5.73 Å². The first-order chi connectivity index (χ1) is 29.7. The zero-order valence-corrected chi connectivity index (χ0v) is 33.7. The highest BCUT2D eigenvalue weighted by Crippen LogP contribution is 2.54. The van der Waals surface area contributed by atoms with Gasteiger partial charge in [0.05, 0.1) is 11.0 Å². The SMILES string of the molecule is Cc1ccccc1.N=Cc1cccc2c1c1c(-c3ccccc3)c(-c3ccccc3)c(-c3ccccc3)c(-c3ccccc3)c1n2-c1ccccc1.NCc1ccccc1. The molecule has 0 fully saturated rings. The van der Waals surface area contributed by atoms with Crippen LogP contribution in [0.5, 0.6) is 0 Å². The molecule has 0 bridgehead atoms. The Morgan fingerprint density at radius 2 is 0.817 bits per heavy atom. The first kappa shape index (κ1) is 39.2. The van der Waals surface area contributed by atoms with Gasteiger partial charge in [-0.25, -0.2) is 0 Å². The van der Waals surface area contributed by atoms with E-state index >= 15 is 0 Å². The van der Waals surface area contributed by atoms with Crippen molar-refractivity contribution in [3.63, 3.8) is 0 Å². The van der Waals surface area contributed by atoms with Crippen LogP contribution in [-0.4, -0.2) is 10.8 Å². The van der Waals surface area contributed by atoms with Crippen LogP contribution in [0.25, 0.3) is 72.0 Å².